The molecule has 0 saturated heterocycles. The summed E-state index contributed by atoms with van der Waals surface area (Å²) >= 11 is 0. The monoisotopic (exact) mass is 283 g/mol. The van der Waals surface area contributed by atoms with Gasteiger partial charge in [0.25, 0.3) is 0 Å². The number of rotatable bonds is 4. The van der Waals surface area contributed by atoms with E-state index in [0.29, 0.717) is 19.5 Å². The maximum absolute atomic E-state index is 11.9. The van der Waals surface area contributed by atoms with Crippen LogP contribution in [-0.4, -0.2) is 27.2 Å². The molecule has 0 saturated carbocycles. The third-order valence-electron chi connectivity index (χ3n) is 2.87. The highest BCUT2D eigenvalue weighted by Crippen LogP contribution is 2.16. The molecule has 1 heterocycles. The molecule has 2 rings (SSSR count). The number of nitrogens with two attached hydrogens (primary N) is 1. The van der Waals surface area contributed by atoms with E-state index in [0.717, 1.165) is 16.8 Å². The van der Waals surface area contributed by atoms with Gasteiger partial charge in [-0.25, -0.2) is 4.98 Å². The van der Waals surface area contributed by atoms with Crippen LogP contribution in [0.5, 0.6) is 0 Å². The predicted octanol–water partition coefficient (Wildman–Crippen LogP) is 0.926. The Balaban J connectivity index is 1.94. The average Bonchev–Trinajstić information content (AvgIpc) is 2.99. The lowest BCUT2D eigenvalue weighted by Crippen LogP contribution is -2.15. The van der Waals surface area contributed by atoms with Crippen molar-refractivity contribution >= 4 is 11.6 Å². The highest BCUT2D eigenvalue weighted by atomic mass is 16.1. The van der Waals surface area contributed by atoms with Gasteiger partial charge in [0.15, 0.2) is 0 Å². The molecule has 0 spiro atoms. The lowest BCUT2D eigenvalue weighted by atomic mass is 10.1. The Bertz CT molecular complexity index is 667. The molecule has 1 aromatic carbocycles. The summed E-state index contributed by atoms with van der Waals surface area (Å²) in [6, 6.07) is 5.64. The molecule has 0 atom stereocenters. The largest absolute Gasteiger partial charge is 0.326 e. The van der Waals surface area contributed by atoms with E-state index in [1.54, 1.807) is 11.0 Å². The average molecular weight is 283 g/mol. The standard InChI is InChI=1S/C15H17N5O/c1-12-9-13(3-2-7-16)4-5-14(12)19-15(21)6-8-20-11-17-10-18-20/h4-5,9-11H,6-8,16H2,1H3,(H,19,21). The zero-order valence-corrected chi connectivity index (χ0v) is 11.8. The molecule has 6 nitrogen and oxygen atoms in total. The van der Waals surface area contributed by atoms with Crippen molar-refractivity contribution in [2.45, 2.75) is 19.9 Å². The molecule has 2 aromatic rings. The molecule has 3 N–H and O–H groups in total. The van der Waals surface area contributed by atoms with Crippen molar-refractivity contribution in [3.05, 3.63) is 42.0 Å². The molecule has 0 bridgehead atoms. The fourth-order valence-electron chi connectivity index (χ4n) is 1.81. The molecular formula is C15H17N5O. The first kappa shape index (κ1) is 14.8. The fourth-order valence-corrected chi connectivity index (χ4v) is 1.81. The van der Waals surface area contributed by atoms with Crippen molar-refractivity contribution < 1.29 is 4.79 Å². The van der Waals surface area contributed by atoms with Crippen molar-refractivity contribution in [1.29, 1.82) is 0 Å². The summed E-state index contributed by atoms with van der Waals surface area (Å²) in [7, 11) is 0. The van der Waals surface area contributed by atoms with Crippen molar-refractivity contribution in [3.8, 4) is 11.8 Å². The molecule has 0 aliphatic rings. The van der Waals surface area contributed by atoms with Crippen LogP contribution in [0, 0.1) is 18.8 Å². The van der Waals surface area contributed by atoms with Gasteiger partial charge < -0.3 is 11.1 Å². The van der Waals surface area contributed by atoms with Gasteiger partial charge in [-0.1, -0.05) is 11.8 Å². The van der Waals surface area contributed by atoms with Crippen molar-refractivity contribution in [1.82, 2.24) is 14.8 Å². The summed E-state index contributed by atoms with van der Waals surface area (Å²) in [6.45, 7) is 2.77. The minimum atomic E-state index is -0.0607. The second-order valence-corrected chi connectivity index (χ2v) is 4.49. The van der Waals surface area contributed by atoms with Gasteiger partial charge in [-0.3, -0.25) is 9.48 Å². The van der Waals surface area contributed by atoms with E-state index in [1.807, 2.05) is 25.1 Å². The molecule has 0 unspecified atom stereocenters. The van der Waals surface area contributed by atoms with Gasteiger partial charge in [0.2, 0.25) is 5.91 Å². The number of aryl methyl sites for hydroxylation is 2. The third-order valence-corrected chi connectivity index (χ3v) is 2.87. The van der Waals surface area contributed by atoms with Gasteiger partial charge in [-0.15, -0.1) is 0 Å². The van der Waals surface area contributed by atoms with E-state index in [-0.39, 0.29) is 5.91 Å². The van der Waals surface area contributed by atoms with Crippen LogP contribution in [0.1, 0.15) is 17.5 Å². The second kappa shape index (κ2) is 7.22. The number of carbonyl (C=O) groups excluding carboxylic acids is 1. The summed E-state index contributed by atoms with van der Waals surface area (Å²) < 4.78 is 1.62. The molecule has 108 valence electrons. The minimum Gasteiger partial charge on any atom is -0.326 e. The number of hydrogen-bond acceptors (Lipinski definition) is 4. The lowest BCUT2D eigenvalue weighted by Gasteiger charge is -2.08. The van der Waals surface area contributed by atoms with Crippen LogP contribution >= 0.6 is 0 Å². The van der Waals surface area contributed by atoms with Gasteiger partial charge in [0.1, 0.15) is 12.7 Å². The first-order valence-corrected chi connectivity index (χ1v) is 6.61. The Morgan fingerprint density at radius 2 is 2.33 bits per heavy atom. The molecular weight excluding hydrogens is 266 g/mol. The summed E-state index contributed by atoms with van der Waals surface area (Å²) in [5.41, 5.74) is 7.98. The Morgan fingerprint density at radius 1 is 1.48 bits per heavy atom. The molecule has 0 aliphatic carbocycles. The summed E-state index contributed by atoms with van der Waals surface area (Å²) in [6.07, 6.45) is 3.38. The van der Waals surface area contributed by atoms with E-state index in [2.05, 4.69) is 27.2 Å². The molecule has 0 radical (unpaired) electrons. The summed E-state index contributed by atoms with van der Waals surface area (Å²) in [5, 5.41) is 6.84. The number of amides is 1. The van der Waals surface area contributed by atoms with Gasteiger partial charge >= 0.3 is 0 Å². The first-order valence-electron chi connectivity index (χ1n) is 6.61. The number of carbonyl (C=O) groups is 1. The zero-order chi connectivity index (χ0) is 15.1. The van der Waals surface area contributed by atoms with E-state index < -0.39 is 0 Å². The highest BCUT2D eigenvalue weighted by Gasteiger charge is 2.05. The van der Waals surface area contributed by atoms with Crippen LogP contribution in [0.25, 0.3) is 0 Å². The topological polar surface area (TPSA) is 85.8 Å². The number of anilines is 1. The number of benzene rings is 1. The Morgan fingerprint density at radius 3 is 3.00 bits per heavy atom. The van der Waals surface area contributed by atoms with Gasteiger partial charge in [-0.2, -0.15) is 5.10 Å². The predicted molar refractivity (Wildman–Crippen MR) is 80.4 cm³/mol. The van der Waals surface area contributed by atoms with E-state index in [1.165, 1.54) is 6.33 Å². The van der Waals surface area contributed by atoms with E-state index in [4.69, 9.17) is 5.73 Å². The quantitative estimate of drug-likeness (QED) is 0.817. The van der Waals surface area contributed by atoms with Crippen LogP contribution in [0.4, 0.5) is 5.69 Å². The maximum atomic E-state index is 11.9. The first-order chi connectivity index (χ1) is 10.2. The Kier molecular flexibility index (Phi) is 5.07. The Hall–Kier alpha value is -2.65. The molecule has 1 amide bonds. The van der Waals surface area contributed by atoms with Crippen LogP contribution in [0.3, 0.4) is 0 Å². The van der Waals surface area contributed by atoms with Crippen LogP contribution in [-0.2, 0) is 11.3 Å². The number of nitrogens with zero attached hydrogens (tertiary/aromatic N) is 3. The van der Waals surface area contributed by atoms with Crippen LogP contribution in [0.2, 0.25) is 0 Å². The van der Waals surface area contributed by atoms with Crippen molar-refractivity contribution in [2.24, 2.45) is 5.73 Å². The molecule has 0 fully saturated rings. The second-order valence-electron chi connectivity index (χ2n) is 4.49. The SMILES string of the molecule is Cc1cc(C#CCN)ccc1NC(=O)CCn1cncn1. The zero-order valence-electron chi connectivity index (χ0n) is 11.8. The molecule has 0 aliphatic heterocycles. The van der Waals surface area contributed by atoms with Crippen molar-refractivity contribution in [2.75, 3.05) is 11.9 Å². The minimum absolute atomic E-state index is 0.0607. The van der Waals surface area contributed by atoms with E-state index in [9.17, 15) is 4.79 Å². The lowest BCUT2D eigenvalue weighted by molar-refractivity contribution is -0.116. The van der Waals surface area contributed by atoms with Gasteiger partial charge in [0, 0.05) is 17.7 Å². The van der Waals surface area contributed by atoms with Crippen LogP contribution in [0.15, 0.2) is 30.9 Å². The van der Waals surface area contributed by atoms with E-state index >= 15 is 0 Å². The summed E-state index contributed by atoms with van der Waals surface area (Å²) in [4.78, 5) is 15.7. The number of nitrogens with one attached hydrogen (secondary N) is 1. The maximum Gasteiger partial charge on any atom is 0.226 e. The van der Waals surface area contributed by atoms with Crippen molar-refractivity contribution in [3.63, 3.8) is 0 Å². The van der Waals surface area contributed by atoms with Gasteiger partial charge in [-0.05, 0) is 30.7 Å². The van der Waals surface area contributed by atoms with Crippen LogP contribution < -0.4 is 11.1 Å². The normalized spacial score (nSPS) is 9.81. The summed E-state index contributed by atoms with van der Waals surface area (Å²) in [5.74, 6) is 5.71. The number of aromatic nitrogens is 3. The van der Waals surface area contributed by atoms with Gasteiger partial charge in [0.05, 0.1) is 13.1 Å². The third kappa shape index (κ3) is 4.44. The highest BCUT2D eigenvalue weighted by molar-refractivity contribution is 5.91. The molecule has 1 aromatic heterocycles. The number of hydrogen-bond donors (Lipinski definition) is 2. The molecule has 21 heavy (non-hydrogen) atoms. The smallest absolute Gasteiger partial charge is 0.226 e. The fraction of sp³-hybridized carbons (Fsp3) is 0.267. The molecule has 6 heteroatoms. The Labute approximate surface area is 123 Å².